The number of aromatic hydroxyl groups is 1. The van der Waals surface area contributed by atoms with Crippen LogP contribution in [0.5, 0.6) is 5.88 Å². The van der Waals surface area contributed by atoms with E-state index in [2.05, 4.69) is 0 Å². The topological polar surface area (TPSA) is 64.2 Å². The van der Waals surface area contributed by atoms with E-state index >= 15 is 0 Å². The van der Waals surface area contributed by atoms with Crippen molar-refractivity contribution in [3.05, 3.63) is 98.2 Å². The van der Waals surface area contributed by atoms with E-state index in [1.165, 1.54) is 24.3 Å². The summed E-state index contributed by atoms with van der Waals surface area (Å²) in [6.07, 6.45) is -3.60. The molecule has 0 aliphatic heterocycles. The van der Waals surface area contributed by atoms with E-state index < -0.39 is 54.2 Å². The SMILES string of the molecule is O=c1cc(O)n(C[C@H](F)c2ccc(F)cc2)c(=O)n1C[C@@H](F)c1ccc(F)cc1. The molecule has 3 aromatic rings. The second kappa shape index (κ2) is 8.34. The van der Waals surface area contributed by atoms with Gasteiger partial charge in [0.15, 0.2) is 0 Å². The number of rotatable bonds is 6. The molecular formula is C20H16F4N2O3. The van der Waals surface area contributed by atoms with Gasteiger partial charge in [-0.1, -0.05) is 24.3 Å². The van der Waals surface area contributed by atoms with E-state index in [4.69, 9.17) is 0 Å². The molecule has 29 heavy (non-hydrogen) atoms. The van der Waals surface area contributed by atoms with E-state index in [1.807, 2.05) is 0 Å². The summed E-state index contributed by atoms with van der Waals surface area (Å²) in [7, 11) is 0. The Morgan fingerprint density at radius 2 is 1.17 bits per heavy atom. The Labute approximate surface area is 162 Å². The highest BCUT2D eigenvalue weighted by atomic mass is 19.1. The quantitative estimate of drug-likeness (QED) is 0.636. The lowest BCUT2D eigenvalue weighted by molar-refractivity contribution is 0.261. The standard InChI is InChI=1S/C20H16F4N2O3/c21-14-5-1-12(2-6-14)16(23)10-25-18(27)9-19(28)26(20(25)29)11-17(24)13-3-7-15(22)8-4-13/h1-9,16-17,27H,10-11H2/t16-,17+/m0/s1. The van der Waals surface area contributed by atoms with E-state index in [0.717, 1.165) is 24.3 Å². The Bertz CT molecular complexity index is 1110. The highest BCUT2D eigenvalue weighted by molar-refractivity contribution is 5.20. The Hall–Kier alpha value is -3.36. The lowest BCUT2D eigenvalue weighted by Crippen LogP contribution is -2.40. The first-order valence-corrected chi connectivity index (χ1v) is 8.59. The molecular weight excluding hydrogens is 392 g/mol. The molecule has 3 rings (SSSR count). The fourth-order valence-electron chi connectivity index (χ4n) is 2.82. The molecule has 0 radical (unpaired) electrons. The van der Waals surface area contributed by atoms with Crippen molar-refractivity contribution in [2.24, 2.45) is 0 Å². The highest BCUT2D eigenvalue weighted by Crippen LogP contribution is 2.22. The van der Waals surface area contributed by atoms with Crippen LogP contribution < -0.4 is 11.2 Å². The molecule has 0 unspecified atom stereocenters. The van der Waals surface area contributed by atoms with Crippen LogP contribution in [-0.2, 0) is 13.1 Å². The number of nitrogens with zero attached hydrogens (tertiary/aromatic N) is 2. The third kappa shape index (κ3) is 4.56. The minimum absolute atomic E-state index is 0.0482. The van der Waals surface area contributed by atoms with Crippen molar-refractivity contribution in [1.29, 1.82) is 0 Å². The van der Waals surface area contributed by atoms with E-state index in [9.17, 15) is 32.3 Å². The second-order valence-corrected chi connectivity index (χ2v) is 6.38. The molecule has 0 aliphatic rings. The fourth-order valence-corrected chi connectivity index (χ4v) is 2.82. The number of aromatic nitrogens is 2. The summed E-state index contributed by atoms with van der Waals surface area (Å²) in [6, 6.07) is 9.56. The minimum atomic E-state index is -1.81. The maximum atomic E-state index is 14.5. The van der Waals surface area contributed by atoms with Gasteiger partial charge in [-0.3, -0.25) is 13.9 Å². The van der Waals surface area contributed by atoms with Gasteiger partial charge in [-0.05, 0) is 35.4 Å². The molecule has 0 saturated carbocycles. The summed E-state index contributed by atoms with van der Waals surface area (Å²) in [5, 5.41) is 9.91. The van der Waals surface area contributed by atoms with Gasteiger partial charge in [-0.15, -0.1) is 0 Å². The van der Waals surface area contributed by atoms with Crippen molar-refractivity contribution < 1.29 is 22.7 Å². The lowest BCUT2D eigenvalue weighted by atomic mass is 10.1. The molecule has 0 spiro atoms. The van der Waals surface area contributed by atoms with Crippen molar-refractivity contribution in [2.75, 3.05) is 0 Å². The average molecular weight is 408 g/mol. The number of hydrogen-bond donors (Lipinski definition) is 1. The zero-order valence-corrected chi connectivity index (χ0v) is 14.9. The maximum Gasteiger partial charge on any atom is 0.333 e. The summed E-state index contributed by atoms with van der Waals surface area (Å²) >= 11 is 0. The molecule has 2 aromatic carbocycles. The lowest BCUT2D eigenvalue weighted by Gasteiger charge is -2.16. The Kier molecular flexibility index (Phi) is 5.86. The molecule has 0 amide bonds. The van der Waals surface area contributed by atoms with Gasteiger partial charge in [-0.25, -0.2) is 22.4 Å². The van der Waals surface area contributed by atoms with Crippen molar-refractivity contribution in [1.82, 2.24) is 9.13 Å². The maximum absolute atomic E-state index is 14.5. The predicted molar refractivity (Wildman–Crippen MR) is 97.1 cm³/mol. The molecule has 1 N–H and O–H groups in total. The number of alkyl halides is 2. The first-order valence-electron chi connectivity index (χ1n) is 8.59. The summed E-state index contributed by atoms with van der Waals surface area (Å²) in [5.41, 5.74) is -1.97. The number of hydrogen-bond acceptors (Lipinski definition) is 3. The molecule has 1 aromatic heterocycles. The molecule has 2 atom stereocenters. The minimum Gasteiger partial charge on any atom is -0.494 e. The molecule has 152 valence electrons. The average Bonchev–Trinajstić information content (AvgIpc) is 2.69. The van der Waals surface area contributed by atoms with Crippen molar-refractivity contribution in [2.45, 2.75) is 25.4 Å². The normalized spacial score (nSPS) is 13.2. The van der Waals surface area contributed by atoms with Crippen LogP contribution in [0, 0.1) is 11.6 Å². The van der Waals surface area contributed by atoms with E-state index in [-0.39, 0.29) is 11.1 Å². The summed E-state index contributed by atoms with van der Waals surface area (Å²) in [6.45, 7) is -1.36. The highest BCUT2D eigenvalue weighted by Gasteiger charge is 2.20. The van der Waals surface area contributed by atoms with Gasteiger partial charge in [0, 0.05) is 0 Å². The molecule has 1 heterocycles. The Morgan fingerprint density at radius 1 is 0.759 bits per heavy atom. The van der Waals surface area contributed by atoms with Crippen molar-refractivity contribution in [3.63, 3.8) is 0 Å². The first kappa shape index (κ1) is 20.4. The van der Waals surface area contributed by atoms with Gasteiger partial charge >= 0.3 is 5.69 Å². The van der Waals surface area contributed by atoms with E-state index in [0.29, 0.717) is 15.2 Å². The molecule has 0 bridgehead atoms. The van der Waals surface area contributed by atoms with Gasteiger partial charge in [0.25, 0.3) is 5.56 Å². The predicted octanol–water partition coefficient (Wildman–Crippen LogP) is 3.42. The molecule has 9 heteroatoms. The zero-order chi connectivity index (χ0) is 21.1. The van der Waals surface area contributed by atoms with Crippen LogP contribution in [0.25, 0.3) is 0 Å². The van der Waals surface area contributed by atoms with Gasteiger partial charge in [0.05, 0.1) is 19.2 Å². The number of benzene rings is 2. The van der Waals surface area contributed by atoms with Gasteiger partial charge in [0.2, 0.25) is 5.88 Å². The summed E-state index contributed by atoms with van der Waals surface area (Å²) < 4.78 is 56.1. The smallest absolute Gasteiger partial charge is 0.333 e. The second-order valence-electron chi connectivity index (χ2n) is 6.38. The van der Waals surface area contributed by atoms with Crippen LogP contribution >= 0.6 is 0 Å². The van der Waals surface area contributed by atoms with Gasteiger partial charge in [0.1, 0.15) is 24.0 Å². The largest absolute Gasteiger partial charge is 0.494 e. The summed E-state index contributed by atoms with van der Waals surface area (Å²) in [5.74, 6) is -1.91. The Morgan fingerprint density at radius 3 is 1.62 bits per heavy atom. The summed E-state index contributed by atoms with van der Waals surface area (Å²) in [4.78, 5) is 24.6. The fraction of sp³-hybridized carbons (Fsp3) is 0.200. The molecule has 0 saturated heterocycles. The van der Waals surface area contributed by atoms with Crippen LogP contribution in [0.1, 0.15) is 23.5 Å². The van der Waals surface area contributed by atoms with Crippen LogP contribution in [-0.4, -0.2) is 14.2 Å². The van der Waals surface area contributed by atoms with Gasteiger partial charge in [-0.2, -0.15) is 0 Å². The van der Waals surface area contributed by atoms with E-state index in [1.54, 1.807) is 0 Å². The van der Waals surface area contributed by atoms with Crippen LogP contribution in [0.15, 0.2) is 64.2 Å². The van der Waals surface area contributed by atoms with Gasteiger partial charge < -0.3 is 5.11 Å². The van der Waals surface area contributed by atoms with Crippen LogP contribution in [0.3, 0.4) is 0 Å². The zero-order valence-electron chi connectivity index (χ0n) is 14.9. The third-order valence-corrected chi connectivity index (χ3v) is 4.41. The first-order chi connectivity index (χ1) is 13.8. The molecule has 0 aliphatic carbocycles. The van der Waals surface area contributed by atoms with Crippen molar-refractivity contribution in [3.8, 4) is 5.88 Å². The Balaban J connectivity index is 1.89. The third-order valence-electron chi connectivity index (χ3n) is 4.41. The van der Waals surface area contributed by atoms with Crippen molar-refractivity contribution >= 4 is 0 Å². The monoisotopic (exact) mass is 408 g/mol. The molecule has 5 nitrogen and oxygen atoms in total. The van der Waals surface area contributed by atoms with Crippen LogP contribution in [0.2, 0.25) is 0 Å². The molecule has 0 fully saturated rings. The van der Waals surface area contributed by atoms with Crippen LogP contribution in [0.4, 0.5) is 17.6 Å². The number of halogens is 4.